The molecule has 1 aromatic heterocycles. The van der Waals surface area contributed by atoms with Crippen molar-refractivity contribution >= 4 is 29.1 Å². The molecule has 3 heterocycles. The van der Waals surface area contributed by atoms with E-state index in [4.69, 9.17) is 16.3 Å². The number of nitrogens with zero attached hydrogens (tertiary/aromatic N) is 3. The Hall–Kier alpha value is -3.58. The summed E-state index contributed by atoms with van der Waals surface area (Å²) >= 11 is 6.43. The van der Waals surface area contributed by atoms with Crippen molar-refractivity contribution in [3.63, 3.8) is 0 Å². The third-order valence-electron chi connectivity index (χ3n) is 6.28. The highest BCUT2D eigenvalue weighted by Gasteiger charge is 2.34. The van der Waals surface area contributed by atoms with Crippen molar-refractivity contribution in [2.45, 2.75) is 18.9 Å². The Morgan fingerprint density at radius 3 is 2.44 bits per heavy atom. The van der Waals surface area contributed by atoms with Crippen LogP contribution in [-0.2, 0) is 16.0 Å². The van der Waals surface area contributed by atoms with E-state index < -0.39 is 6.04 Å². The van der Waals surface area contributed by atoms with E-state index >= 15 is 0 Å². The lowest BCUT2D eigenvalue weighted by molar-refractivity contribution is -0.140. The number of para-hydroxylation sites is 2. The number of aryl methyl sites for hydroxylation is 1. The van der Waals surface area contributed by atoms with Crippen LogP contribution in [0.3, 0.4) is 0 Å². The van der Waals surface area contributed by atoms with Crippen LogP contribution in [0.2, 0.25) is 5.02 Å². The van der Waals surface area contributed by atoms with Gasteiger partial charge in [-0.05, 0) is 42.3 Å². The van der Waals surface area contributed by atoms with Crippen molar-refractivity contribution in [3.05, 3.63) is 83.1 Å². The predicted molar refractivity (Wildman–Crippen MR) is 130 cm³/mol. The van der Waals surface area contributed by atoms with Crippen LogP contribution in [0.1, 0.15) is 23.6 Å². The number of piperazine rings is 1. The third kappa shape index (κ3) is 4.56. The number of carbonyl (C=O) groups excluding carboxylic acids is 2. The Morgan fingerprint density at radius 1 is 0.941 bits per heavy atom. The summed E-state index contributed by atoms with van der Waals surface area (Å²) in [6, 6.07) is 16.2. The van der Waals surface area contributed by atoms with E-state index in [-0.39, 0.29) is 11.8 Å². The summed E-state index contributed by atoms with van der Waals surface area (Å²) in [5.74, 6) is 1.25. The van der Waals surface area contributed by atoms with E-state index in [0.717, 1.165) is 11.1 Å². The third-order valence-corrected chi connectivity index (χ3v) is 6.60. The second-order valence-corrected chi connectivity index (χ2v) is 8.80. The number of fused-ring (bicyclic) bond motifs is 2. The Labute approximate surface area is 203 Å². The highest BCUT2D eigenvalue weighted by atomic mass is 35.5. The maximum atomic E-state index is 13.6. The zero-order valence-corrected chi connectivity index (χ0v) is 19.4. The SMILES string of the molecule is O=C(CCc1ccncc1)N1CCN(C(=O)C2Nc3c(Cl)cccc3Oc3ccccc32)CC1. The maximum absolute atomic E-state index is 13.6. The second kappa shape index (κ2) is 9.73. The molecule has 1 atom stereocenters. The van der Waals surface area contributed by atoms with Crippen LogP contribution >= 0.6 is 11.6 Å². The molecule has 1 unspecified atom stereocenters. The van der Waals surface area contributed by atoms with Gasteiger partial charge in [0, 0.05) is 50.6 Å². The van der Waals surface area contributed by atoms with Gasteiger partial charge in [0.1, 0.15) is 11.8 Å². The number of anilines is 1. The summed E-state index contributed by atoms with van der Waals surface area (Å²) in [7, 11) is 0. The molecule has 0 spiro atoms. The van der Waals surface area contributed by atoms with E-state index in [1.165, 1.54) is 0 Å². The van der Waals surface area contributed by atoms with E-state index in [9.17, 15) is 9.59 Å². The number of carbonyl (C=O) groups is 2. The van der Waals surface area contributed by atoms with Crippen molar-refractivity contribution in [2.75, 3.05) is 31.5 Å². The molecule has 8 heteroatoms. The largest absolute Gasteiger partial charge is 0.455 e. The molecule has 2 aliphatic rings. The number of pyridine rings is 1. The van der Waals surface area contributed by atoms with E-state index in [2.05, 4.69) is 10.3 Å². The van der Waals surface area contributed by atoms with Crippen LogP contribution in [0.25, 0.3) is 0 Å². The molecule has 2 aromatic carbocycles. The highest BCUT2D eigenvalue weighted by molar-refractivity contribution is 6.33. The van der Waals surface area contributed by atoms with Crippen molar-refractivity contribution in [2.24, 2.45) is 0 Å². The number of halogens is 1. The molecular formula is C26H25ClN4O3. The minimum atomic E-state index is -0.633. The fraction of sp³-hybridized carbons (Fsp3) is 0.269. The first-order chi connectivity index (χ1) is 16.6. The van der Waals surface area contributed by atoms with Crippen LogP contribution in [0.4, 0.5) is 5.69 Å². The number of hydrogen-bond donors (Lipinski definition) is 1. The van der Waals surface area contributed by atoms with Gasteiger partial charge in [0.25, 0.3) is 0 Å². The Bertz CT molecular complexity index is 1200. The van der Waals surface area contributed by atoms with Gasteiger partial charge in [-0.3, -0.25) is 14.6 Å². The van der Waals surface area contributed by atoms with Crippen LogP contribution in [0, 0.1) is 0 Å². The average molecular weight is 477 g/mol. The normalized spacial score (nSPS) is 17.0. The van der Waals surface area contributed by atoms with Crippen LogP contribution in [-0.4, -0.2) is 52.8 Å². The molecule has 0 saturated carbocycles. The molecular weight excluding hydrogens is 452 g/mol. The van der Waals surface area contributed by atoms with Gasteiger partial charge in [-0.25, -0.2) is 0 Å². The summed E-state index contributed by atoms with van der Waals surface area (Å²) in [5, 5.41) is 3.81. The first-order valence-corrected chi connectivity index (χ1v) is 11.8. The molecule has 0 bridgehead atoms. The molecule has 1 saturated heterocycles. The van der Waals surface area contributed by atoms with Crippen LogP contribution in [0.15, 0.2) is 67.0 Å². The average Bonchev–Trinajstić information content (AvgIpc) is 3.05. The number of hydrogen-bond acceptors (Lipinski definition) is 5. The van der Waals surface area contributed by atoms with Crippen molar-refractivity contribution in [3.8, 4) is 11.5 Å². The second-order valence-electron chi connectivity index (χ2n) is 8.39. The smallest absolute Gasteiger partial charge is 0.249 e. The molecule has 34 heavy (non-hydrogen) atoms. The summed E-state index contributed by atoms with van der Waals surface area (Å²) in [5.41, 5.74) is 2.45. The van der Waals surface area contributed by atoms with Gasteiger partial charge in [0.15, 0.2) is 5.75 Å². The van der Waals surface area contributed by atoms with Gasteiger partial charge < -0.3 is 19.9 Å². The Morgan fingerprint density at radius 2 is 1.65 bits per heavy atom. The standard InChI is InChI=1S/C26H25ClN4O3/c27-20-5-3-7-22-25(20)29-24(19-4-1-2-6-21(19)34-22)26(33)31-16-14-30(15-17-31)23(32)9-8-18-10-12-28-13-11-18/h1-7,10-13,24,29H,8-9,14-17H2. The number of ether oxygens (including phenoxy) is 1. The summed E-state index contributed by atoms with van der Waals surface area (Å²) in [4.78, 5) is 34.0. The summed E-state index contributed by atoms with van der Waals surface area (Å²) in [6.45, 7) is 2.00. The van der Waals surface area contributed by atoms with E-state index in [1.54, 1.807) is 18.5 Å². The Kier molecular flexibility index (Phi) is 6.36. The zero-order valence-electron chi connectivity index (χ0n) is 18.6. The molecule has 2 amide bonds. The van der Waals surface area contributed by atoms with Crippen molar-refractivity contribution < 1.29 is 14.3 Å². The molecule has 2 aliphatic heterocycles. The minimum Gasteiger partial charge on any atom is -0.455 e. The highest BCUT2D eigenvalue weighted by Crippen LogP contribution is 2.43. The molecule has 3 aromatic rings. The summed E-state index contributed by atoms with van der Waals surface area (Å²) in [6.07, 6.45) is 4.60. The van der Waals surface area contributed by atoms with Gasteiger partial charge in [0.2, 0.25) is 11.8 Å². The molecule has 0 aliphatic carbocycles. The fourth-order valence-corrected chi connectivity index (χ4v) is 4.61. The number of aromatic nitrogens is 1. The lowest BCUT2D eigenvalue weighted by Crippen LogP contribution is -2.52. The van der Waals surface area contributed by atoms with Gasteiger partial charge in [-0.15, -0.1) is 0 Å². The molecule has 0 radical (unpaired) electrons. The minimum absolute atomic E-state index is 0.0623. The fourth-order valence-electron chi connectivity index (χ4n) is 4.39. The molecule has 5 rings (SSSR count). The Balaban J connectivity index is 1.27. The first kappa shape index (κ1) is 22.2. The van der Waals surface area contributed by atoms with Crippen LogP contribution < -0.4 is 10.1 Å². The molecule has 174 valence electrons. The first-order valence-electron chi connectivity index (χ1n) is 11.4. The lowest BCUT2D eigenvalue weighted by atomic mass is 10.0. The van der Waals surface area contributed by atoms with Gasteiger partial charge in [0.05, 0.1) is 10.7 Å². The topological polar surface area (TPSA) is 74.8 Å². The number of benzene rings is 2. The van der Waals surface area contributed by atoms with E-state index in [0.29, 0.717) is 61.2 Å². The maximum Gasteiger partial charge on any atom is 0.249 e. The number of nitrogens with one attached hydrogen (secondary N) is 1. The lowest BCUT2D eigenvalue weighted by Gasteiger charge is -2.36. The molecule has 7 nitrogen and oxygen atoms in total. The van der Waals surface area contributed by atoms with Crippen molar-refractivity contribution in [1.82, 2.24) is 14.8 Å². The monoisotopic (exact) mass is 476 g/mol. The zero-order chi connectivity index (χ0) is 23.5. The number of rotatable bonds is 4. The molecule has 1 fully saturated rings. The number of amides is 2. The molecule has 1 N–H and O–H groups in total. The van der Waals surface area contributed by atoms with E-state index in [1.807, 2.05) is 58.3 Å². The van der Waals surface area contributed by atoms with Gasteiger partial charge in [-0.2, -0.15) is 0 Å². The van der Waals surface area contributed by atoms with Gasteiger partial charge >= 0.3 is 0 Å². The predicted octanol–water partition coefficient (Wildman–Crippen LogP) is 4.30. The van der Waals surface area contributed by atoms with Crippen molar-refractivity contribution in [1.29, 1.82) is 0 Å². The van der Waals surface area contributed by atoms with Crippen LogP contribution in [0.5, 0.6) is 11.5 Å². The quantitative estimate of drug-likeness (QED) is 0.607. The summed E-state index contributed by atoms with van der Waals surface area (Å²) < 4.78 is 6.09. The van der Waals surface area contributed by atoms with Gasteiger partial charge in [-0.1, -0.05) is 35.9 Å².